The molecule has 0 aliphatic carbocycles. The molecule has 0 heterocycles. The molecule has 0 amide bonds. The van der Waals surface area contributed by atoms with Crippen LogP contribution in [0.3, 0.4) is 0 Å². The lowest BCUT2D eigenvalue weighted by Crippen LogP contribution is -2.32. The minimum atomic E-state index is -3.92. The third-order valence-corrected chi connectivity index (χ3v) is 4.55. The van der Waals surface area contributed by atoms with E-state index in [9.17, 15) is 12.8 Å². The van der Waals surface area contributed by atoms with Gasteiger partial charge in [-0.05, 0) is 25.5 Å². The van der Waals surface area contributed by atoms with E-state index in [-0.39, 0.29) is 11.6 Å². The van der Waals surface area contributed by atoms with Crippen molar-refractivity contribution in [1.29, 1.82) is 0 Å². The van der Waals surface area contributed by atoms with Gasteiger partial charge < -0.3 is 5.11 Å². The molecule has 2 N–H and O–H groups in total. The quantitative estimate of drug-likeness (QED) is 0.863. The standard InChI is InChI=1S/C11H15BrFNO3S/c1-3-7(2)14-18(16,17)10-5-9(12)4-8(6-15)11(10)13/h4-5,7,14-15H,3,6H2,1-2H3. The number of halogens is 2. The number of aliphatic hydroxyl groups is 1. The summed E-state index contributed by atoms with van der Waals surface area (Å²) in [5, 5.41) is 8.99. The molecule has 0 fully saturated rings. The molecule has 1 unspecified atom stereocenters. The first-order valence-electron chi connectivity index (χ1n) is 5.43. The minimum Gasteiger partial charge on any atom is -0.392 e. The molecule has 0 aliphatic heterocycles. The van der Waals surface area contributed by atoms with E-state index in [1.807, 2.05) is 6.92 Å². The molecule has 7 heteroatoms. The lowest BCUT2D eigenvalue weighted by molar-refractivity contribution is 0.274. The molecular weight excluding hydrogens is 325 g/mol. The van der Waals surface area contributed by atoms with Crippen LogP contribution in [0, 0.1) is 5.82 Å². The third-order valence-electron chi connectivity index (χ3n) is 2.51. The van der Waals surface area contributed by atoms with Gasteiger partial charge in [-0.3, -0.25) is 0 Å². The molecule has 18 heavy (non-hydrogen) atoms. The Morgan fingerprint density at radius 1 is 1.50 bits per heavy atom. The zero-order chi connectivity index (χ0) is 13.9. The summed E-state index contributed by atoms with van der Waals surface area (Å²) in [6, 6.07) is 2.24. The number of nitrogens with one attached hydrogen (secondary N) is 1. The van der Waals surface area contributed by atoms with Crippen molar-refractivity contribution in [3.05, 3.63) is 28.0 Å². The van der Waals surface area contributed by atoms with Crippen LogP contribution in [0.4, 0.5) is 4.39 Å². The van der Waals surface area contributed by atoms with E-state index < -0.39 is 27.3 Å². The van der Waals surface area contributed by atoms with E-state index in [4.69, 9.17) is 5.11 Å². The first kappa shape index (κ1) is 15.6. The number of sulfonamides is 1. The monoisotopic (exact) mass is 339 g/mol. The number of aliphatic hydroxyl groups excluding tert-OH is 1. The zero-order valence-electron chi connectivity index (χ0n) is 10.1. The van der Waals surface area contributed by atoms with Gasteiger partial charge in [-0.25, -0.2) is 17.5 Å². The highest BCUT2D eigenvalue weighted by Gasteiger charge is 2.23. The highest BCUT2D eigenvalue weighted by molar-refractivity contribution is 9.10. The second kappa shape index (κ2) is 6.10. The molecule has 0 bridgehead atoms. The first-order chi connectivity index (χ1) is 8.31. The number of hydrogen-bond donors (Lipinski definition) is 2. The van der Waals surface area contributed by atoms with Gasteiger partial charge in [0.15, 0.2) is 0 Å². The van der Waals surface area contributed by atoms with Crippen LogP contribution >= 0.6 is 15.9 Å². The van der Waals surface area contributed by atoms with Gasteiger partial charge in [-0.2, -0.15) is 0 Å². The molecule has 1 atom stereocenters. The van der Waals surface area contributed by atoms with E-state index in [0.717, 1.165) is 0 Å². The Morgan fingerprint density at radius 3 is 2.61 bits per heavy atom. The molecule has 1 rings (SSSR count). The Labute approximate surface area is 114 Å². The molecule has 0 saturated carbocycles. The molecule has 102 valence electrons. The van der Waals surface area contributed by atoms with Gasteiger partial charge in [0.2, 0.25) is 10.0 Å². The molecular formula is C11H15BrFNO3S. The van der Waals surface area contributed by atoms with Gasteiger partial charge in [-0.1, -0.05) is 22.9 Å². The van der Waals surface area contributed by atoms with Gasteiger partial charge in [0.1, 0.15) is 10.7 Å². The lowest BCUT2D eigenvalue weighted by Gasteiger charge is -2.14. The Morgan fingerprint density at radius 2 is 2.11 bits per heavy atom. The Kier molecular flexibility index (Phi) is 5.27. The maximum atomic E-state index is 13.9. The smallest absolute Gasteiger partial charge is 0.243 e. The molecule has 0 saturated heterocycles. The summed E-state index contributed by atoms with van der Waals surface area (Å²) < 4.78 is 40.7. The van der Waals surface area contributed by atoms with E-state index in [1.54, 1.807) is 6.92 Å². The van der Waals surface area contributed by atoms with Crippen LogP contribution in [-0.4, -0.2) is 19.6 Å². The summed E-state index contributed by atoms with van der Waals surface area (Å²) in [7, 11) is -3.92. The molecule has 0 aliphatic rings. The van der Waals surface area contributed by atoms with Gasteiger partial charge in [0.25, 0.3) is 0 Å². The molecule has 0 radical (unpaired) electrons. The second-order valence-electron chi connectivity index (χ2n) is 3.97. The van der Waals surface area contributed by atoms with Crippen molar-refractivity contribution < 1.29 is 17.9 Å². The van der Waals surface area contributed by atoms with E-state index in [2.05, 4.69) is 20.7 Å². The van der Waals surface area contributed by atoms with E-state index in [0.29, 0.717) is 10.9 Å². The Bertz CT molecular complexity index is 533. The summed E-state index contributed by atoms with van der Waals surface area (Å²) in [5.41, 5.74) is -0.0612. The van der Waals surface area contributed by atoms with Crippen molar-refractivity contribution in [3.63, 3.8) is 0 Å². The first-order valence-corrected chi connectivity index (χ1v) is 7.70. The number of hydrogen-bond acceptors (Lipinski definition) is 3. The fourth-order valence-corrected chi connectivity index (χ4v) is 3.47. The Balaban J connectivity index is 3.28. The predicted molar refractivity (Wildman–Crippen MR) is 70.1 cm³/mol. The fourth-order valence-electron chi connectivity index (χ4n) is 1.34. The average Bonchev–Trinajstić information content (AvgIpc) is 2.30. The fraction of sp³-hybridized carbons (Fsp3) is 0.455. The summed E-state index contributed by atoms with van der Waals surface area (Å²) in [6.07, 6.45) is 0.599. The molecule has 0 spiro atoms. The molecule has 1 aromatic rings. The lowest BCUT2D eigenvalue weighted by atomic mass is 10.2. The van der Waals surface area contributed by atoms with E-state index in [1.165, 1.54) is 12.1 Å². The minimum absolute atomic E-state index is 0.0612. The van der Waals surface area contributed by atoms with Crippen molar-refractivity contribution in [2.75, 3.05) is 0 Å². The van der Waals surface area contributed by atoms with Gasteiger partial charge >= 0.3 is 0 Å². The highest BCUT2D eigenvalue weighted by atomic mass is 79.9. The van der Waals surface area contributed by atoms with Crippen LogP contribution in [0.5, 0.6) is 0 Å². The summed E-state index contributed by atoms with van der Waals surface area (Å²) >= 11 is 3.09. The average molecular weight is 340 g/mol. The molecule has 1 aromatic carbocycles. The van der Waals surface area contributed by atoms with Crippen LogP contribution in [0.2, 0.25) is 0 Å². The van der Waals surface area contributed by atoms with Crippen molar-refractivity contribution in [3.8, 4) is 0 Å². The van der Waals surface area contributed by atoms with Crippen LogP contribution in [0.1, 0.15) is 25.8 Å². The van der Waals surface area contributed by atoms with Gasteiger partial charge in [-0.15, -0.1) is 0 Å². The summed E-state index contributed by atoms with van der Waals surface area (Å²) in [4.78, 5) is -0.457. The van der Waals surface area contributed by atoms with E-state index >= 15 is 0 Å². The van der Waals surface area contributed by atoms with Crippen molar-refractivity contribution >= 4 is 26.0 Å². The van der Waals surface area contributed by atoms with Crippen molar-refractivity contribution in [1.82, 2.24) is 4.72 Å². The SMILES string of the molecule is CCC(C)NS(=O)(=O)c1cc(Br)cc(CO)c1F. The second-order valence-corrected chi connectivity index (χ2v) is 6.56. The predicted octanol–water partition coefficient (Wildman–Crippen LogP) is 2.16. The van der Waals surface area contributed by atoms with Crippen LogP contribution in [0.15, 0.2) is 21.5 Å². The zero-order valence-corrected chi connectivity index (χ0v) is 12.5. The van der Waals surface area contributed by atoms with Gasteiger partial charge in [0, 0.05) is 16.1 Å². The summed E-state index contributed by atoms with van der Waals surface area (Å²) in [6.45, 7) is 2.96. The van der Waals surface area contributed by atoms with Crippen LogP contribution in [-0.2, 0) is 16.6 Å². The maximum absolute atomic E-state index is 13.9. The normalized spacial score (nSPS) is 13.6. The summed E-state index contributed by atoms with van der Waals surface area (Å²) in [5.74, 6) is -0.920. The molecule has 4 nitrogen and oxygen atoms in total. The number of benzene rings is 1. The number of rotatable bonds is 5. The van der Waals surface area contributed by atoms with Crippen molar-refractivity contribution in [2.45, 2.75) is 37.8 Å². The maximum Gasteiger partial charge on any atom is 0.243 e. The highest BCUT2D eigenvalue weighted by Crippen LogP contribution is 2.24. The van der Waals surface area contributed by atoms with Gasteiger partial charge in [0.05, 0.1) is 6.61 Å². The van der Waals surface area contributed by atoms with Crippen LogP contribution < -0.4 is 4.72 Å². The molecule has 0 aromatic heterocycles. The largest absolute Gasteiger partial charge is 0.392 e. The van der Waals surface area contributed by atoms with Crippen molar-refractivity contribution in [2.24, 2.45) is 0 Å². The van der Waals surface area contributed by atoms with Crippen LogP contribution in [0.25, 0.3) is 0 Å². The Hall–Kier alpha value is -0.500. The third kappa shape index (κ3) is 3.50. The topological polar surface area (TPSA) is 66.4 Å².